The van der Waals surface area contributed by atoms with Crippen LogP contribution in [0.4, 0.5) is 0 Å². The Balaban J connectivity index is 1.82. The van der Waals surface area contributed by atoms with Crippen LogP contribution < -0.4 is 0 Å². The lowest BCUT2D eigenvalue weighted by molar-refractivity contribution is -0.235. The van der Waals surface area contributed by atoms with Gasteiger partial charge in [-0.15, -0.1) is 0 Å². The minimum absolute atomic E-state index is 0.00805. The first-order chi connectivity index (χ1) is 13.8. The third-order valence-corrected chi connectivity index (χ3v) is 9.84. The van der Waals surface area contributed by atoms with Crippen LogP contribution in [0.2, 0.25) is 0 Å². The minimum Gasteiger partial charge on any atom is -0.462 e. The van der Waals surface area contributed by atoms with Gasteiger partial charge in [0, 0.05) is 30.1 Å². The number of hydrogen-bond donors (Lipinski definition) is 2. The van der Waals surface area contributed by atoms with Crippen molar-refractivity contribution in [3.63, 3.8) is 0 Å². The van der Waals surface area contributed by atoms with E-state index < -0.39 is 35.1 Å². The molecule has 0 heterocycles. The Kier molecular flexibility index (Phi) is 4.91. The molecule has 4 rings (SSSR count). The molecule has 0 aromatic rings. The predicted octanol–water partition coefficient (Wildman–Crippen LogP) is 3.22. The molecular weight excluding hydrogens is 384 g/mol. The van der Waals surface area contributed by atoms with Crippen LogP contribution >= 0.6 is 0 Å². The van der Waals surface area contributed by atoms with E-state index in [0.29, 0.717) is 18.8 Å². The lowest BCUT2D eigenvalue weighted by Crippen LogP contribution is -2.65. The zero-order valence-electron chi connectivity index (χ0n) is 19.2. The second kappa shape index (κ2) is 6.68. The van der Waals surface area contributed by atoms with Gasteiger partial charge in [-0.3, -0.25) is 9.59 Å². The fourth-order valence-corrected chi connectivity index (χ4v) is 8.63. The molecule has 0 amide bonds. The molecular formula is C24H38O6. The summed E-state index contributed by atoms with van der Waals surface area (Å²) in [6.07, 6.45) is 2.28. The summed E-state index contributed by atoms with van der Waals surface area (Å²) in [5.41, 5.74) is -1.35. The fraction of sp³-hybridized carbons (Fsp3) is 0.917. The number of rotatable bonds is 2. The highest BCUT2D eigenvalue weighted by atomic mass is 16.6. The molecule has 4 saturated carbocycles. The van der Waals surface area contributed by atoms with Gasteiger partial charge in [0.25, 0.3) is 0 Å². The summed E-state index contributed by atoms with van der Waals surface area (Å²) >= 11 is 0. The van der Waals surface area contributed by atoms with E-state index in [4.69, 9.17) is 9.47 Å². The Morgan fingerprint density at radius 2 is 1.53 bits per heavy atom. The largest absolute Gasteiger partial charge is 0.462 e. The van der Waals surface area contributed by atoms with E-state index in [2.05, 4.69) is 20.8 Å². The van der Waals surface area contributed by atoms with Crippen LogP contribution in [0.15, 0.2) is 0 Å². The number of carbonyl (C=O) groups is 2. The molecule has 6 heteroatoms. The minimum atomic E-state index is -0.825. The molecule has 170 valence electrons. The van der Waals surface area contributed by atoms with E-state index in [1.54, 1.807) is 0 Å². The number of fused-ring (bicyclic) bond motifs is 3. The molecule has 6 nitrogen and oxygen atoms in total. The quantitative estimate of drug-likeness (QED) is 0.664. The van der Waals surface area contributed by atoms with Crippen molar-refractivity contribution in [3.8, 4) is 0 Å². The van der Waals surface area contributed by atoms with Gasteiger partial charge in [0.15, 0.2) is 0 Å². The highest BCUT2D eigenvalue weighted by molar-refractivity contribution is 5.66. The Labute approximate surface area is 179 Å². The average molecular weight is 423 g/mol. The van der Waals surface area contributed by atoms with E-state index >= 15 is 0 Å². The first-order valence-corrected chi connectivity index (χ1v) is 11.5. The fourth-order valence-electron chi connectivity index (χ4n) is 8.63. The lowest BCUT2D eigenvalue weighted by Gasteiger charge is -2.66. The van der Waals surface area contributed by atoms with Crippen molar-refractivity contribution < 1.29 is 29.3 Å². The summed E-state index contributed by atoms with van der Waals surface area (Å²) in [5.74, 6) is -0.378. The van der Waals surface area contributed by atoms with Gasteiger partial charge in [-0.2, -0.15) is 0 Å². The van der Waals surface area contributed by atoms with Gasteiger partial charge < -0.3 is 19.7 Å². The summed E-state index contributed by atoms with van der Waals surface area (Å²) < 4.78 is 11.5. The molecule has 0 aromatic heterocycles. The molecule has 0 saturated heterocycles. The van der Waals surface area contributed by atoms with Crippen LogP contribution in [0.25, 0.3) is 0 Å². The van der Waals surface area contributed by atoms with Crippen molar-refractivity contribution in [2.24, 2.45) is 33.5 Å². The molecule has 0 aromatic carbocycles. The van der Waals surface area contributed by atoms with E-state index in [9.17, 15) is 19.8 Å². The smallest absolute Gasteiger partial charge is 0.303 e. The number of carbonyl (C=O) groups excluding carboxylic acids is 2. The number of esters is 2. The van der Waals surface area contributed by atoms with Crippen molar-refractivity contribution in [1.29, 1.82) is 0 Å². The Bertz CT molecular complexity index is 748. The van der Waals surface area contributed by atoms with Crippen LogP contribution in [-0.4, -0.2) is 46.6 Å². The number of aliphatic hydroxyl groups excluding tert-OH is 2. The van der Waals surface area contributed by atoms with Gasteiger partial charge in [0.1, 0.15) is 12.2 Å². The maximum Gasteiger partial charge on any atom is 0.303 e. The monoisotopic (exact) mass is 422 g/mol. The van der Waals surface area contributed by atoms with Crippen molar-refractivity contribution in [3.05, 3.63) is 0 Å². The van der Waals surface area contributed by atoms with E-state index in [1.165, 1.54) is 13.8 Å². The van der Waals surface area contributed by atoms with Crippen LogP contribution in [0.5, 0.6) is 0 Å². The second-order valence-electron chi connectivity index (χ2n) is 11.8. The number of hydrogen-bond acceptors (Lipinski definition) is 6. The highest BCUT2D eigenvalue weighted by Gasteiger charge is 2.75. The zero-order valence-corrected chi connectivity index (χ0v) is 19.2. The normalized spacial score (nSPS) is 51.5. The topological polar surface area (TPSA) is 93.1 Å². The SMILES string of the molecule is CC(=O)O[C@@H]1[C@@H](O)[C@]23CC[C@@H]4C(C)(C)CC[C@H](OC(C)=O)[C@@]4(C)[C@@H]2C[C@H](O)[C@@]1(C)C3. The first-order valence-electron chi connectivity index (χ1n) is 11.5. The highest BCUT2D eigenvalue weighted by Crippen LogP contribution is 2.74. The molecule has 1 spiro atoms. The summed E-state index contributed by atoms with van der Waals surface area (Å²) in [4.78, 5) is 23.8. The van der Waals surface area contributed by atoms with Crippen molar-refractivity contribution >= 4 is 11.9 Å². The van der Waals surface area contributed by atoms with Gasteiger partial charge in [0.2, 0.25) is 0 Å². The summed E-state index contributed by atoms with van der Waals surface area (Å²) in [6, 6.07) is 0. The van der Waals surface area contributed by atoms with Crippen molar-refractivity contribution in [2.45, 2.75) is 104 Å². The molecule has 4 fully saturated rings. The molecule has 0 unspecified atom stereocenters. The zero-order chi connectivity index (χ0) is 22.3. The van der Waals surface area contributed by atoms with Gasteiger partial charge >= 0.3 is 11.9 Å². The van der Waals surface area contributed by atoms with Crippen LogP contribution in [-0.2, 0) is 19.1 Å². The Hall–Kier alpha value is -1.14. The van der Waals surface area contributed by atoms with E-state index in [-0.39, 0.29) is 28.8 Å². The molecule has 0 aliphatic heterocycles. The maximum atomic E-state index is 12.0. The molecule has 9 atom stereocenters. The standard InChI is InChI=1S/C24H38O6/c1-13(25)29-18-8-9-21(3,4)15-7-10-24-12-22(5,20(19(24)28)30-14(2)26)17(27)11-16(24)23(15,18)6/h15-20,27-28H,7-12H2,1-6H3/t15-,16+,17+,18+,19-,20-,22-,23-,24+/m1/s1. The lowest BCUT2D eigenvalue weighted by atomic mass is 9.39. The predicted molar refractivity (Wildman–Crippen MR) is 110 cm³/mol. The van der Waals surface area contributed by atoms with Crippen LogP contribution in [0.1, 0.15) is 80.1 Å². The average Bonchev–Trinajstić information content (AvgIpc) is 2.79. The number of ether oxygens (including phenoxy) is 2. The first kappa shape index (κ1) is 22.1. The van der Waals surface area contributed by atoms with Crippen LogP contribution in [0.3, 0.4) is 0 Å². The molecule has 2 bridgehead atoms. The molecule has 30 heavy (non-hydrogen) atoms. The second-order valence-corrected chi connectivity index (χ2v) is 11.8. The molecule has 0 radical (unpaired) electrons. The number of aliphatic hydroxyl groups is 2. The third kappa shape index (κ3) is 2.75. The summed E-state index contributed by atoms with van der Waals surface area (Å²) in [6.45, 7) is 11.6. The van der Waals surface area contributed by atoms with Crippen LogP contribution in [0, 0.1) is 33.5 Å². The molecule has 4 aliphatic carbocycles. The van der Waals surface area contributed by atoms with E-state index in [0.717, 1.165) is 25.7 Å². The maximum absolute atomic E-state index is 12.0. The third-order valence-electron chi connectivity index (χ3n) is 9.84. The van der Waals surface area contributed by atoms with Gasteiger partial charge in [-0.05, 0) is 55.8 Å². The molecule has 2 N–H and O–H groups in total. The Morgan fingerprint density at radius 1 is 0.900 bits per heavy atom. The van der Waals surface area contributed by atoms with Crippen molar-refractivity contribution in [1.82, 2.24) is 0 Å². The van der Waals surface area contributed by atoms with Gasteiger partial charge in [-0.25, -0.2) is 0 Å². The van der Waals surface area contributed by atoms with E-state index in [1.807, 2.05) is 6.92 Å². The summed E-state index contributed by atoms with van der Waals surface area (Å²) in [5, 5.41) is 22.9. The molecule has 4 aliphatic rings. The van der Waals surface area contributed by atoms with Gasteiger partial charge in [0.05, 0.1) is 12.2 Å². The Morgan fingerprint density at radius 3 is 2.13 bits per heavy atom. The summed E-state index contributed by atoms with van der Waals surface area (Å²) in [7, 11) is 0. The van der Waals surface area contributed by atoms with Crippen molar-refractivity contribution in [2.75, 3.05) is 0 Å². The van der Waals surface area contributed by atoms with Gasteiger partial charge in [-0.1, -0.05) is 27.7 Å².